The van der Waals surface area contributed by atoms with Crippen LogP contribution in [-0.4, -0.2) is 34.6 Å². The van der Waals surface area contributed by atoms with Gasteiger partial charge in [0.15, 0.2) is 0 Å². The van der Waals surface area contributed by atoms with Gasteiger partial charge in [-0.15, -0.1) is 0 Å². The number of piperidine rings is 1. The molecular weight excluding hydrogens is 274 g/mol. The average molecular weight is 303 g/mol. The highest BCUT2D eigenvalue weighted by Gasteiger charge is 2.37. The maximum Gasteiger partial charge on any atom is 0.222 e. The van der Waals surface area contributed by atoms with E-state index in [0.29, 0.717) is 25.9 Å². The summed E-state index contributed by atoms with van der Waals surface area (Å²) in [4.78, 5) is 14.3. The number of benzene rings is 1. The van der Waals surface area contributed by atoms with Crippen molar-refractivity contribution in [2.75, 3.05) is 13.1 Å². The van der Waals surface area contributed by atoms with E-state index in [0.717, 1.165) is 25.7 Å². The third-order valence-electron chi connectivity index (χ3n) is 5.00. The van der Waals surface area contributed by atoms with Crippen molar-refractivity contribution in [3.05, 3.63) is 35.9 Å². The lowest BCUT2D eigenvalue weighted by Gasteiger charge is -2.42. The number of aryl methyl sites for hydroxylation is 1. The summed E-state index contributed by atoms with van der Waals surface area (Å²) in [5.41, 5.74) is 0.730. The van der Waals surface area contributed by atoms with E-state index in [-0.39, 0.29) is 11.8 Å². The lowest BCUT2D eigenvalue weighted by atomic mass is 9.81. The first-order chi connectivity index (χ1) is 10.5. The molecule has 1 N–H and O–H groups in total. The molecule has 1 heterocycles. The Morgan fingerprint density at radius 2 is 2.05 bits per heavy atom. The predicted octanol–water partition coefficient (Wildman–Crippen LogP) is 3.41. The van der Waals surface area contributed by atoms with Gasteiger partial charge in [-0.25, -0.2) is 0 Å². The maximum atomic E-state index is 12.3. The Morgan fingerprint density at radius 3 is 2.73 bits per heavy atom. The van der Waals surface area contributed by atoms with Crippen LogP contribution in [0.5, 0.6) is 0 Å². The van der Waals surface area contributed by atoms with Crippen molar-refractivity contribution in [3.63, 3.8) is 0 Å². The second-order valence-electron chi connectivity index (χ2n) is 6.74. The van der Waals surface area contributed by atoms with Gasteiger partial charge in [-0.3, -0.25) is 4.79 Å². The minimum Gasteiger partial charge on any atom is -0.390 e. The Labute approximate surface area is 134 Å². The second-order valence-corrected chi connectivity index (χ2v) is 6.74. The Hall–Kier alpha value is -1.35. The zero-order valence-electron chi connectivity index (χ0n) is 13.9. The van der Waals surface area contributed by atoms with Gasteiger partial charge in [-0.05, 0) is 44.6 Å². The van der Waals surface area contributed by atoms with Crippen molar-refractivity contribution in [1.82, 2.24) is 4.90 Å². The number of nitrogens with zero attached hydrogens (tertiary/aromatic N) is 1. The summed E-state index contributed by atoms with van der Waals surface area (Å²) in [7, 11) is 0. The Balaban J connectivity index is 1.71. The first kappa shape index (κ1) is 17.0. The average Bonchev–Trinajstić information content (AvgIpc) is 2.52. The quantitative estimate of drug-likeness (QED) is 0.818. The van der Waals surface area contributed by atoms with Crippen LogP contribution in [0.15, 0.2) is 30.3 Å². The summed E-state index contributed by atoms with van der Waals surface area (Å²) in [6, 6.07) is 10.4. The molecule has 0 unspecified atom stereocenters. The number of hydrogen-bond acceptors (Lipinski definition) is 2. The summed E-state index contributed by atoms with van der Waals surface area (Å²) in [6.45, 7) is 5.40. The number of hydrogen-bond donors (Lipinski definition) is 1. The van der Waals surface area contributed by atoms with E-state index in [1.165, 1.54) is 5.56 Å². The van der Waals surface area contributed by atoms with E-state index in [9.17, 15) is 9.90 Å². The number of likely N-dealkylation sites (tertiary alicyclic amines) is 1. The molecule has 1 aliphatic rings. The summed E-state index contributed by atoms with van der Waals surface area (Å²) < 4.78 is 0. The Bertz CT molecular complexity index is 470. The number of aliphatic hydroxyl groups is 1. The topological polar surface area (TPSA) is 40.5 Å². The van der Waals surface area contributed by atoms with E-state index in [1.807, 2.05) is 17.9 Å². The standard InChI is InChI=1S/C19H29NO2/c1-3-17-15-20(14-13-19(17,2)22)18(21)12-8-7-11-16-9-5-4-6-10-16/h4-6,9-10,17,22H,3,7-8,11-15H2,1-2H3/t17-,19+/m1/s1. The van der Waals surface area contributed by atoms with Gasteiger partial charge in [0.2, 0.25) is 5.91 Å². The van der Waals surface area contributed by atoms with Crippen molar-refractivity contribution < 1.29 is 9.90 Å². The molecule has 0 spiro atoms. The van der Waals surface area contributed by atoms with Crippen LogP contribution in [-0.2, 0) is 11.2 Å². The maximum absolute atomic E-state index is 12.3. The molecule has 3 nitrogen and oxygen atoms in total. The van der Waals surface area contributed by atoms with Gasteiger partial charge in [0.1, 0.15) is 0 Å². The highest BCUT2D eigenvalue weighted by Crippen LogP contribution is 2.30. The Morgan fingerprint density at radius 1 is 1.32 bits per heavy atom. The van der Waals surface area contributed by atoms with Crippen molar-refractivity contribution in [1.29, 1.82) is 0 Å². The van der Waals surface area contributed by atoms with Gasteiger partial charge in [0.25, 0.3) is 0 Å². The molecular formula is C19H29NO2. The zero-order valence-corrected chi connectivity index (χ0v) is 13.9. The van der Waals surface area contributed by atoms with Gasteiger partial charge in [0, 0.05) is 25.4 Å². The summed E-state index contributed by atoms with van der Waals surface area (Å²) in [6.07, 6.45) is 5.29. The van der Waals surface area contributed by atoms with E-state index < -0.39 is 5.60 Å². The van der Waals surface area contributed by atoms with Crippen LogP contribution in [0.2, 0.25) is 0 Å². The van der Waals surface area contributed by atoms with Gasteiger partial charge in [-0.1, -0.05) is 37.3 Å². The van der Waals surface area contributed by atoms with E-state index in [1.54, 1.807) is 0 Å². The van der Waals surface area contributed by atoms with Crippen LogP contribution in [0.4, 0.5) is 0 Å². The molecule has 0 aliphatic carbocycles. The molecule has 3 heteroatoms. The van der Waals surface area contributed by atoms with Crippen LogP contribution >= 0.6 is 0 Å². The molecule has 1 amide bonds. The zero-order chi connectivity index (χ0) is 16.0. The van der Waals surface area contributed by atoms with E-state index in [4.69, 9.17) is 0 Å². The van der Waals surface area contributed by atoms with Crippen LogP contribution in [0.25, 0.3) is 0 Å². The summed E-state index contributed by atoms with van der Waals surface area (Å²) in [5, 5.41) is 10.3. The predicted molar refractivity (Wildman–Crippen MR) is 89.6 cm³/mol. The van der Waals surface area contributed by atoms with Crippen molar-refractivity contribution in [2.24, 2.45) is 5.92 Å². The van der Waals surface area contributed by atoms with Crippen LogP contribution in [0.1, 0.15) is 51.5 Å². The molecule has 1 saturated heterocycles. The van der Waals surface area contributed by atoms with E-state index >= 15 is 0 Å². The molecule has 1 aromatic rings. The van der Waals surface area contributed by atoms with E-state index in [2.05, 4.69) is 31.2 Å². The normalized spacial score (nSPS) is 25.2. The lowest BCUT2D eigenvalue weighted by molar-refractivity contribution is -0.139. The van der Waals surface area contributed by atoms with Gasteiger partial charge >= 0.3 is 0 Å². The third kappa shape index (κ3) is 4.57. The number of unbranched alkanes of at least 4 members (excludes halogenated alkanes) is 1. The van der Waals surface area contributed by atoms with Crippen LogP contribution in [0, 0.1) is 5.92 Å². The van der Waals surface area contributed by atoms with Crippen molar-refractivity contribution in [3.8, 4) is 0 Å². The molecule has 22 heavy (non-hydrogen) atoms. The molecule has 0 saturated carbocycles. The number of rotatable bonds is 6. The third-order valence-corrected chi connectivity index (χ3v) is 5.00. The SMILES string of the molecule is CC[C@@H]1CN(C(=O)CCCCc2ccccc2)CC[C@]1(C)O. The number of carbonyl (C=O) groups is 1. The van der Waals surface area contributed by atoms with Gasteiger partial charge in [-0.2, -0.15) is 0 Å². The molecule has 0 aromatic heterocycles. The molecule has 122 valence electrons. The fourth-order valence-electron chi connectivity index (χ4n) is 3.32. The molecule has 0 bridgehead atoms. The smallest absolute Gasteiger partial charge is 0.222 e. The fraction of sp³-hybridized carbons (Fsp3) is 0.632. The lowest BCUT2D eigenvalue weighted by Crippen LogP contribution is -2.51. The number of amides is 1. The second kappa shape index (κ2) is 7.77. The minimum atomic E-state index is -0.612. The molecule has 0 radical (unpaired) electrons. The first-order valence-corrected chi connectivity index (χ1v) is 8.57. The minimum absolute atomic E-state index is 0.203. The summed E-state index contributed by atoms with van der Waals surface area (Å²) in [5.74, 6) is 0.455. The molecule has 1 aliphatic heterocycles. The first-order valence-electron chi connectivity index (χ1n) is 8.57. The van der Waals surface area contributed by atoms with Crippen LogP contribution < -0.4 is 0 Å². The largest absolute Gasteiger partial charge is 0.390 e. The highest BCUT2D eigenvalue weighted by atomic mass is 16.3. The number of carbonyl (C=O) groups excluding carboxylic acids is 1. The van der Waals surface area contributed by atoms with Gasteiger partial charge in [0.05, 0.1) is 5.60 Å². The Kier molecular flexibility index (Phi) is 6.01. The molecule has 1 fully saturated rings. The molecule has 1 aromatic carbocycles. The van der Waals surface area contributed by atoms with Gasteiger partial charge < -0.3 is 10.0 Å². The summed E-state index contributed by atoms with van der Waals surface area (Å²) >= 11 is 0. The fourth-order valence-corrected chi connectivity index (χ4v) is 3.32. The highest BCUT2D eigenvalue weighted by molar-refractivity contribution is 5.76. The van der Waals surface area contributed by atoms with Crippen molar-refractivity contribution in [2.45, 2.75) is 58.0 Å². The molecule has 2 rings (SSSR count). The van der Waals surface area contributed by atoms with Crippen LogP contribution in [0.3, 0.4) is 0 Å². The molecule has 2 atom stereocenters. The monoisotopic (exact) mass is 303 g/mol. The van der Waals surface area contributed by atoms with Crippen molar-refractivity contribution >= 4 is 5.91 Å².